The van der Waals surface area contributed by atoms with Gasteiger partial charge in [0, 0.05) is 17.1 Å². The third-order valence-electron chi connectivity index (χ3n) is 6.24. The van der Waals surface area contributed by atoms with Crippen LogP contribution in [-0.4, -0.2) is 50.9 Å². The summed E-state index contributed by atoms with van der Waals surface area (Å²) >= 11 is 0. The number of hydrogen-bond acceptors (Lipinski definition) is 7. The van der Waals surface area contributed by atoms with E-state index in [4.69, 9.17) is 15.2 Å². The van der Waals surface area contributed by atoms with Gasteiger partial charge >= 0.3 is 0 Å². The molecule has 1 saturated heterocycles. The second-order valence-electron chi connectivity index (χ2n) is 8.74. The number of ether oxygens (including phenoxy) is 2. The van der Waals surface area contributed by atoms with Gasteiger partial charge in [-0.2, -0.15) is 0 Å². The molecule has 3 rings (SSSR count). The Balaban J connectivity index is 2.00. The summed E-state index contributed by atoms with van der Waals surface area (Å²) in [6, 6.07) is 1.52. The summed E-state index contributed by atoms with van der Waals surface area (Å²) < 4.78 is 41.0. The van der Waals surface area contributed by atoms with Gasteiger partial charge in [0.05, 0.1) is 25.2 Å². The Morgan fingerprint density at radius 1 is 1.31 bits per heavy atom. The number of methoxy groups -OCH3 is 1. The summed E-state index contributed by atoms with van der Waals surface area (Å²) in [7, 11) is -2.62. The molecule has 1 aliphatic carbocycles. The molecule has 0 bridgehead atoms. The Bertz CT molecular complexity index is 1010. The van der Waals surface area contributed by atoms with Crippen molar-refractivity contribution in [2.45, 2.75) is 45.0 Å². The SMILES string of the molecule is COc1cncc(NS(=O)(=O)C2C(C(N)=O)=CC(OC3CCNCC3)=CC2(C)C(C)C)c1. The van der Waals surface area contributed by atoms with Crippen LogP contribution in [0.15, 0.2) is 41.9 Å². The van der Waals surface area contributed by atoms with Crippen LogP contribution in [-0.2, 0) is 19.6 Å². The molecule has 1 fully saturated rings. The first kappa shape index (κ1) is 24.1. The molecule has 176 valence electrons. The van der Waals surface area contributed by atoms with Gasteiger partial charge in [0.15, 0.2) is 0 Å². The zero-order valence-corrected chi connectivity index (χ0v) is 19.7. The second-order valence-corrected chi connectivity index (χ2v) is 10.5. The lowest BCUT2D eigenvalue weighted by atomic mass is 9.71. The Morgan fingerprint density at radius 3 is 2.59 bits per heavy atom. The zero-order chi connectivity index (χ0) is 23.5. The standard InChI is InChI=1S/C22H32N4O5S/c1-14(2)22(3)11-17(31-16-5-7-24-8-6-16)10-19(21(23)27)20(22)32(28,29)26-15-9-18(30-4)13-25-12-15/h9-14,16,20,24,26H,5-8H2,1-4H3,(H2,23,27). The number of anilines is 1. The van der Waals surface area contributed by atoms with Crippen LogP contribution in [0.5, 0.6) is 5.75 Å². The van der Waals surface area contributed by atoms with E-state index in [9.17, 15) is 13.2 Å². The number of hydrogen-bond donors (Lipinski definition) is 3. The van der Waals surface area contributed by atoms with E-state index in [1.54, 1.807) is 0 Å². The van der Waals surface area contributed by atoms with E-state index in [1.807, 2.05) is 26.8 Å². The number of nitrogens with zero attached hydrogens (tertiary/aromatic N) is 1. The molecule has 0 aromatic carbocycles. The van der Waals surface area contributed by atoms with E-state index in [1.165, 1.54) is 31.6 Å². The highest BCUT2D eigenvalue weighted by Crippen LogP contribution is 2.45. The van der Waals surface area contributed by atoms with Crippen LogP contribution in [0.2, 0.25) is 0 Å². The van der Waals surface area contributed by atoms with Crippen molar-refractivity contribution in [3.8, 4) is 5.75 Å². The zero-order valence-electron chi connectivity index (χ0n) is 18.9. The number of allylic oxidation sites excluding steroid dienone is 2. The summed E-state index contributed by atoms with van der Waals surface area (Å²) in [5.41, 5.74) is 4.97. The van der Waals surface area contributed by atoms with Crippen molar-refractivity contribution >= 4 is 21.6 Å². The third-order valence-corrected chi connectivity index (χ3v) is 8.14. The molecule has 32 heavy (non-hydrogen) atoms. The summed E-state index contributed by atoms with van der Waals surface area (Å²) in [4.78, 5) is 16.4. The lowest BCUT2D eigenvalue weighted by Gasteiger charge is -2.42. The first-order valence-electron chi connectivity index (χ1n) is 10.7. The van der Waals surface area contributed by atoms with Crippen molar-refractivity contribution in [1.29, 1.82) is 0 Å². The van der Waals surface area contributed by atoms with Crippen molar-refractivity contribution in [3.05, 3.63) is 41.9 Å². The number of amides is 1. The Hall–Kier alpha value is -2.59. The average Bonchev–Trinajstić information content (AvgIpc) is 2.73. The van der Waals surface area contributed by atoms with Crippen LogP contribution in [0.4, 0.5) is 5.69 Å². The molecule has 1 amide bonds. The smallest absolute Gasteiger partial charge is 0.246 e. The number of nitrogens with two attached hydrogens (primary N) is 1. The molecule has 9 nitrogen and oxygen atoms in total. The molecule has 2 unspecified atom stereocenters. The van der Waals surface area contributed by atoms with Gasteiger partial charge in [0.25, 0.3) is 0 Å². The summed E-state index contributed by atoms with van der Waals surface area (Å²) in [6.45, 7) is 7.34. The maximum absolute atomic E-state index is 13.6. The van der Waals surface area contributed by atoms with E-state index in [0.717, 1.165) is 25.9 Å². The topological polar surface area (TPSA) is 133 Å². The molecule has 4 N–H and O–H groups in total. The van der Waals surface area contributed by atoms with Crippen LogP contribution >= 0.6 is 0 Å². The minimum Gasteiger partial charge on any atom is -0.495 e. The molecule has 0 saturated carbocycles. The Labute approximate surface area is 189 Å². The van der Waals surface area contributed by atoms with Crippen molar-refractivity contribution in [2.75, 3.05) is 24.9 Å². The highest BCUT2D eigenvalue weighted by molar-refractivity contribution is 7.93. The van der Waals surface area contributed by atoms with Gasteiger partial charge in [-0.25, -0.2) is 8.42 Å². The van der Waals surface area contributed by atoms with Gasteiger partial charge in [0.1, 0.15) is 22.9 Å². The minimum absolute atomic E-state index is 0.00145. The molecule has 1 aromatic heterocycles. The number of nitrogens with one attached hydrogen (secondary N) is 2. The number of sulfonamides is 1. The van der Waals surface area contributed by atoms with Gasteiger partial charge in [-0.05, 0) is 44.0 Å². The highest BCUT2D eigenvalue weighted by Gasteiger charge is 2.50. The molecule has 0 spiro atoms. The Kier molecular flexibility index (Phi) is 7.14. The number of piperidine rings is 1. The maximum atomic E-state index is 13.6. The fraction of sp³-hybridized carbons (Fsp3) is 0.545. The predicted molar refractivity (Wildman–Crippen MR) is 122 cm³/mol. The highest BCUT2D eigenvalue weighted by atomic mass is 32.2. The first-order valence-corrected chi connectivity index (χ1v) is 12.2. The molecule has 0 radical (unpaired) electrons. The molecule has 2 heterocycles. The molecular weight excluding hydrogens is 432 g/mol. The summed E-state index contributed by atoms with van der Waals surface area (Å²) in [6.07, 6.45) is 7.81. The molecule has 2 atom stereocenters. The van der Waals surface area contributed by atoms with Crippen molar-refractivity contribution in [2.24, 2.45) is 17.1 Å². The van der Waals surface area contributed by atoms with Gasteiger partial charge in [-0.3, -0.25) is 14.5 Å². The molecule has 10 heteroatoms. The van der Waals surface area contributed by atoms with Crippen LogP contribution in [0, 0.1) is 11.3 Å². The van der Waals surface area contributed by atoms with Crippen molar-refractivity contribution in [1.82, 2.24) is 10.3 Å². The van der Waals surface area contributed by atoms with Crippen LogP contribution in [0.25, 0.3) is 0 Å². The largest absolute Gasteiger partial charge is 0.495 e. The lowest BCUT2D eigenvalue weighted by molar-refractivity contribution is -0.115. The lowest BCUT2D eigenvalue weighted by Crippen LogP contribution is -2.49. The van der Waals surface area contributed by atoms with Gasteiger partial charge in [-0.15, -0.1) is 0 Å². The number of primary amides is 1. The number of rotatable bonds is 8. The Morgan fingerprint density at radius 2 is 2.00 bits per heavy atom. The second kappa shape index (κ2) is 9.50. The number of aromatic nitrogens is 1. The molecule has 2 aliphatic rings. The molecule has 1 aromatic rings. The van der Waals surface area contributed by atoms with E-state index in [2.05, 4.69) is 15.0 Å². The predicted octanol–water partition coefficient (Wildman–Crippen LogP) is 1.94. The van der Waals surface area contributed by atoms with E-state index in [0.29, 0.717) is 11.5 Å². The summed E-state index contributed by atoms with van der Waals surface area (Å²) in [5, 5.41) is 2.07. The van der Waals surface area contributed by atoms with Gasteiger partial charge in [0.2, 0.25) is 15.9 Å². The quantitative estimate of drug-likeness (QED) is 0.535. The fourth-order valence-electron chi connectivity index (χ4n) is 4.14. The van der Waals surface area contributed by atoms with Crippen LogP contribution in [0.1, 0.15) is 33.6 Å². The summed E-state index contributed by atoms with van der Waals surface area (Å²) in [5.74, 6) is -0.0437. The third kappa shape index (κ3) is 5.07. The first-order chi connectivity index (χ1) is 15.1. The van der Waals surface area contributed by atoms with E-state index < -0.39 is 26.6 Å². The average molecular weight is 465 g/mol. The van der Waals surface area contributed by atoms with Crippen LogP contribution < -0.4 is 20.5 Å². The van der Waals surface area contributed by atoms with E-state index >= 15 is 0 Å². The van der Waals surface area contributed by atoms with Gasteiger partial charge in [-0.1, -0.05) is 20.8 Å². The monoisotopic (exact) mass is 464 g/mol. The molecule has 1 aliphatic heterocycles. The van der Waals surface area contributed by atoms with Gasteiger partial charge < -0.3 is 20.5 Å². The number of carbonyl (C=O) groups excluding carboxylic acids is 1. The van der Waals surface area contributed by atoms with Crippen molar-refractivity contribution < 1.29 is 22.7 Å². The minimum atomic E-state index is -4.09. The van der Waals surface area contributed by atoms with E-state index in [-0.39, 0.29) is 23.3 Å². The maximum Gasteiger partial charge on any atom is 0.246 e. The number of carbonyl (C=O) groups is 1. The van der Waals surface area contributed by atoms with Crippen molar-refractivity contribution in [3.63, 3.8) is 0 Å². The normalized spacial score (nSPS) is 24.5. The number of pyridine rings is 1. The fourth-order valence-corrected chi connectivity index (χ4v) is 6.23. The van der Waals surface area contributed by atoms with Crippen LogP contribution in [0.3, 0.4) is 0 Å². The molecular formula is C22H32N4O5S.